The van der Waals surface area contributed by atoms with E-state index in [1.165, 1.54) is 10.4 Å². The van der Waals surface area contributed by atoms with Crippen LogP contribution >= 0.6 is 11.3 Å². The lowest BCUT2D eigenvalue weighted by atomic mass is 9.92. The number of carbonyl (C=O) groups is 2. The maximum atomic E-state index is 12.7. The van der Waals surface area contributed by atoms with Gasteiger partial charge in [-0.2, -0.15) is 0 Å². The van der Waals surface area contributed by atoms with E-state index in [1.54, 1.807) is 11.3 Å². The average Bonchev–Trinajstić information content (AvgIpc) is 2.93. The molecule has 1 fully saturated rings. The summed E-state index contributed by atoms with van der Waals surface area (Å²) >= 11 is 1.76. The fourth-order valence-electron chi connectivity index (χ4n) is 3.27. The van der Waals surface area contributed by atoms with Gasteiger partial charge in [0.1, 0.15) is 0 Å². The van der Waals surface area contributed by atoms with E-state index in [9.17, 15) is 9.59 Å². The average molecular weight is 308 g/mol. The second-order valence-corrected chi connectivity index (χ2v) is 6.93. The highest BCUT2D eigenvalue weighted by molar-refractivity contribution is 7.10. The monoisotopic (exact) mass is 308 g/mol. The van der Waals surface area contributed by atoms with Crippen molar-refractivity contribution in [3.63, 3.8) is 0 Å². The highest BCUT2D eigenvalue weighted by atomic mass is 32.1. The molecule has 2 unspecified atom stereocenters. The van der Waals surface area contributed by atoms with Gasteiger partial charge in [0.05, 0.1) is 5.92 Å². The smallest absolute Gasteiger partial charge is 0.320 e. The number of carboxylic acids is 1. The molecule has 0 radical (unpaired) electrons. The van der Waals surface area contributed by atoms with Crippen LogP contribution in [0.25, 0.3) is 0 Å². The third kappa shape index (κ3) is 2.77. The van der Waals surface area contributed by atoms with Crippen LogP contribution in [0.5, 0.6) is 0 Å². The predicted molar refractivity (Wildman–Crippen MR) is 80.4 cm³/mol. The molecule has 2 aliphatic rings. The molecule has 5 nitrogen and oxygen atoms in total. The second kappa shape index (κ2) is 5.67. The molecule has 1 aromatic rings. The number of carboxylic acid groups (broad SMARTS) is 1. The van der Waals surface area contributed by atoms with Crippen molar-refractivity contribution in [1.29, 1.82) is 0 Å². The van der Waals surface area contributed by atoms with Crippen LogP contribution in [-0.4, -0.2) is 46.0 Å². The highest BCUT2D eigenvalue weighted by Gasteiger charge is 2.35. The summed E-state index contributed by atoms with van der Waals surface area (Å²) in [6.45, 7) is 3.94. The Morgan fingerprint density at radius 2 is 2.19 bits per heavy atom. The SMILES string of the molecule is CC1CC(C(=O)O)CCN1C(=O)N1CCc2sccc2C1. The van der Waals surface area contributed by atoms with E-state index in [0.717, 1.165) is 13.0 Å². The number of thiophene rings is 1. The van der Waals surface area contributed by atoms with E-state index in [4.69, 9.17) is 5.11 Å². The molecule has 1 N–H and O–H groups in total. The summed E-state index contributed by atoms with van der Waals surface area (Å²) in [5, 5.41) is 11.2. The lowest BCUT2D eigenvalue weighted by molar-refractivity contribution is -0.143. The van der Waals surface area contributed by atoms with E-state index in [2.05, 4.69) is 11.4 Å². The van der Waals surface area contributed by atoms with Crippen LogP contribution in [0.2, 0.25) is 0 Å². The molecule has 6 heteroatoms. The molecule has 3 rings (SSSR count). The maximum absolute atomic E-state index is 12.7. The fourth-order valence-corrected chi connectivity index (χ4v) is 4.16. The van der Waals surface area contributed by atoms with E-state index >= 15 is 0 Å². The summed E-state index contributed by atoms with van der Waals surface area (Å²) in [6.07, 6.45) is 2.04. The van der Waals surface area contributed by atoms with Gasteiger partial charge in [0.25, 0.3) is 0 Å². The molecule has 21 heavy (non-hydrogen) atoms. The van der Waals surface area contributed by atoms with Crippen molar-refractivity contribution in [3.8, 4) is 0 Å². The Morgan fingerprint density at radius 3 is 2.90 bits per heavy atom. The molecule has 3 heterocycles. The number of rotatable bonds is 1. The zero-order valence-electron chi connectivity index (χ0n) is 12.1. The minimum absolute atomic E-state index is 0.00350. The number of carbonyl (C=O) groups excluding carboxylic acids is 1. The molecule has 2 aliphatic heterocycles. The zero-order valence-corrected chi connectivity index (χ0v) is 12.9. The van der Waals surface area contributed by atoms with Gasteiger partial charge in [-0.1, -0.05) is 0 Å². The Morgan fingerprint density at radius 1 is 1.38 bits per heavy atom. The van der Waals surface area contributed by atoms with Crippen LogP contribution in [-0.2, 0) is 17.8 Å². The number of amides is 2. The third-order valence-electron chi connectivity index (χ3n) is 4.55. The lowest BCUT2D eigenvalue weighted by Crippen LogP contribution is -2.52. The molecule has 1 saturated heterocycles. The minimum atomic E-state index is -0.741. The molecule has 0 spiro atoms. The van der Waals surface area contributed by atoms with Gasteiger partial charge >= 0.3 is 12.0 Å². The molecule has 2 atom stereocenters. The molecule has 0 aliphatic carbocycles. The maximum Gasteiger partial charge on any atom is 0.320 e. The first-order valence-electron chi connectivity index (χ1n) is 7.40. The van der Waals surface area contributed by atoms with Crippen molar-refractivity contribution in [2.24, 2.45) is 5.92 Å². The van der Waals surface area contributed by atoms with Crippen molar-refractivity contribution in [2.75, 3.05) is 13.1 Å². The van der Waals surface area contributed by atoms with Crippen LogP contribution in [0, 0.1) is 5.92 Å². The normalized spacial score (nSPS) is 25.6. The number of nitrogens with zero attached hydrogens (tertiary/aromatic N) is 2. The predicted octanol–water partition coefficient (Wildman–Crippen LogP) is 2.41. The first kappa shape index (κ1) is 14.4. The molecule has 2 amide bonds. The van der Waals surface area contributed by atoms with Gasteiger partial charge in [-0.05, 0) is 43.2 Å². The van der Waals surface area contributed by atoms with Gasteiger partial charge in [0.2, 0.25) is 0 Å². The fraction of sp³-hybridized carbons (Fsp3) is 0.600. The number of urea groups is 1. The van der Waals surface area contributed by atoms with Gasteiger partial charge < -0.3 is 14.9 Å². The zero-order chi connectivity index (χ0) is 15.0. The van der Waals surface area contributed by atoms with E-state index < -0.39 is 5.97 Å². The van der Waals surface area contributed by atoms with Gasteiger partial charge in [0.15, 0.2) is 0 Å². The van der Waals surface area contributed by atoms with Crippen LogP contribution in [0.1, 0.15) is 30.2 Å². The number of fused-ring (bicyclic) bond motifs is 1. The summed E-state index contributed by atoms with van der Waals surface area (Å²) in [6, 6.07) is 2.15. The summed E-state index contributed by atoms with van der Waals surface area (Å²) in [5.41, 5.74) is 1.26. The first-order chi connectivity index (χ1) is 10.1. The summed E-state index contributed by atoms with van der Waals surface area (Å²) in [5.74, 6) is -1.05. The van der Waals surface area contributed by atoms with Gasteiger partial charge in [-0.15, -0.1) is 11.3 Å². The second-order valence-electron chi connectivity index (χ2n) is 5.93. The number of hydrogen-bond donors (Lipinski definition) is 1. The Bertz CT molecular complexity index is 557. The third-order valence-corrected chi connectivity index (χ3v) is 5.57. The Labute approximate surface area is 128 Å². The van der Waals surface area contributed by atoms with E-state index in [-0.39, 0.29) is 18.0 Å². The van der Waals surface area contributed by atoms with Gasteiger partial charge in [-0.3, -0.25) is 4.79 Å². The molecular formula is C15H20N2O3S. The highest BCUT2D eigenvalue weighted by Crippen LogP contribution is 2.28. The molecular weight excluding hydrogens is 288 g/mol. The summed E-state index contributed by atoms with van der Waals surface area (Å²) < 4.78 is 0. The topological polar surface area (TPSA) is 60.9 Å². The number of hydrogen-bond acceptors (Lipinski definition) is 3. The van der Waals surface area contributed by atoms with Crippen molar-refractivity contribution in [1.82, 2.24) is 9.80 Å². The minimum Gasteiger partial charge on any atom is -0.481 e. The molecule has 0 aromatic carbocycles. The molecule has 1 aromatic heterocycles. The van der Waals surface area contributed by atoms with E-state index in [0.29, 0.717) is 25.9 Å². The Kier molecular flexibility index (Phi) is 3.89. The van der Waals surface area contributed by atoms with Crippen LogP contribution in [0.4, 0.5) is 4.79 Å². The largest absolute Gasteiger partial charge is 0.481 e. The van der Waals surface area contributed by atoms with Crippen LogP contribution < -0.4 is 0 Å². The standard InChI is InChI=1S/C15H20N2O3S/c1-10-8-11(14(18)19)2-6-17(10)15(20)16-5-3-13-12(9-16)4-7-21-13/h4,7,10-11H,2-3,5-6,8-9H2,1H3,(H,18,19). The van der Waals surface area contributed by atoms with Gasteiger partial charge in [0, 0.05) is 30.6 Å². The number of aliphatic carboxylic acids is 1. The van der Waals surface area contributed by atoms with Crippen molar-refractivity contribution in [3.05, 3.63) is 21.9 Å². The van der Waals surface area contributed by atoms with Crippen LogP contribution in [0.3, 0.4) is 0 Å². The molecule has 0 bridgehead atoms. The van der Waals surface area contributed by atoms with E-state index in [1.807, 2.05) is 16.7 Å². The van der Waals surface area contributed by atoms with Crippen molar-refractivity contribution < 1.29 is 14.7 Å². The number of likely N-dealkylation sites (tertiary alicyclic amines) is 1. The van der Waals surface area contributed by atoms with Crippen molar-refractivity contribution >= 4 is 23.3 Å². The summed E-state index contributed by atoms with van der Waals surface area (Å²) in [4.78, 5) is 28.9. The van der Waals surface area contributed by atoms with Crippen LogP contribution in [0.15, 0.2) is 11.4 Å². The van der Waals surface area contributed by atoms with Crippen molar-refractivity contribution in [2.45, 2.75) is 38.8 Å². The molecule has 114 valence electrons. The van der Waals surface area contributed by atoms with Gasteiger partial charge in [-0.25, -0.2) is 4.79 Å². The Balaban J connectivity index is 1.65. The Hall–Kier alpha value is -1.56. The molecule has 0 saturated carbocycles. The summed E-state index contributed by atoms with van der Waals surface area (Å²) in [7, 11) is 0. The first-order valence-corrected chi connectivity index (χ1v) is 8.28. The number of piperidine rings is 1. The quantitative estimate of drug-likeness (QED) is 0.866. The lowest BCUT2D eigenvalue weighted by Gasteiger charge is -2.40.